The predicted molar refractivity (Wildman–Crippen MR) is 90.9 cm³/mol. The molecular weight excluding hydrogens is 254 g/mol. The average Bonchev–Trinajstić information content (AvgIpc) is 2.57. The summed E-state index contributed by atoms with van der Waals surface area (Å²) in [6.07, 6.45) is 6.38. The van der Waals surface area contributed by atoms with Crippen LogP contribution in [0.25, 0.3) is 0 Å². The molecule has 1 saturated carbocycles. The minimum absolute atomic E-state index is 0.564. The summed E-state index contributed by atoms with van der Waals surface area (Å²) in [5.74, 6) is 0.644. The van der Waals surface area contributed by atoms with Crippen molar-refractivity contribution < 1.29 is 0 Å². The molecule has 2 unspecified atom stereocenters. The molecule has 1 heteroatoms. The SMILES string of the molecule is CCc1ccc(NC2CCCCC2c2ccccc2)cc1. The molecule has 0 bridgehead atoms. The van der Waals surface area contributed by atoms with E-state index in [1.807, 2.05) is 0 Å². The van der Waals surface area contributed by atoms with Crippen molar-refractivity contribution in [2.75, 3.05) is 5.32 Å². The van der Waals surface area contributed by atoms with Gasteiger partial charge in [0.15, 0.2) is 0 Å². The number of nitrogens with one attached hydrogen (secondary N) is 1. The molecular formula is C20H25N. The molecule has 2 aromatic rings. The predicted octanol–water partition coefficient (Wildman–Crippen LogP) is 5.39. The Hall–Kier alpha value is -1.76. The number of hydrogen-bond donors (Lipinski definition) is 1. The Morgan fingerprint density at radius 3 is 2.33 bits per heavy atom. The van der Waals surface area contributed by atoms with Crippen LogP contribution < -0.4 is 5.32 Å². The van der Waals surface area contributed by atoms with Crippen LogP contribution in [0.1, 0.15) is 49.7 Å². The lowest BCUT2D eigenvalue weighted by Gasteiger charge is -2.33. The van der Waals surface area contributed by atoms with E-state index in [2.05, 4.69) is 66.8 Å². The van der Waals surface area contributed by atoms with Gasteiger partial charge in [-0.25, -0.2) is 0 Å². The van der Waals surface area contributed by atoms with Crippen LogP contribution in [0.3, 0.4) is 0 Å². The Labute approximate surface area is 128 Å². The van der Waals surface area contributed by atoms with E-state index in [9.17, 15) is 0 Å². The van der Waals surface area contributed by atoms with Crippen molar-refractivity contribution in [3.63, 3.8) is 0 Å². The molecule has 0 saturated heterocycles. The van der Waals surface area contributed by atoms with E-state index in [4.69, 9.17) is 0 Å². The lowest BCUT2D eigenvalue weighted by molar-refractivity contribution is 0.405. The second-order valence-electron chi connectivity index (χ2n) is 6.10. The molecule has 1 fully saturated rings. The first-order chi connectivity index (χ1) is 10.4. The van der Waals surface area contributed by atoms with Crippen LogP contribution in [0.5, 0.6) is 0 Å². The molecule has 1 aliphatic rings. The van der Waals surface area contributed by atoms with Crippen molar-refractivity contribution in [3.05, 3.63) is 65.7 Å². The van der Waals surface area contributed by atoms with Gasteiger partial charge in [-0.2, -0.15) is 0 Å². The lowest BCUT2D eigenvalue weighted by Crippen LogP contribution is -2.30. The highest BCUT2D eigenvalue weighted by molar-refractivity contribution is 5.46. The topological polar surface area (TPSA) is 12.0 Å². The van der Waals surface area contributed by atoms with E-state index in [0.717, 1.165) is 6.42 Å². The Morgan fingerprint density at radius 1 is 0.905 bits per heavy atom. The molecule has 21 heavy (non-hydrogen) atoms. The number of hydrogen-bond acceptors (Lipinski definition) is 1. The monoisotopic (exact) mass is 279 g/mol. The fourth-order valence-electron chi connectivity index (χ4n) is 3.45. The van der Waals surface area contributed by atoms with Gasteiger partial charge in [-0.15, -0.1) is 0 Å². The van der Waals surface area contributed by atoms with Crippen molar-refractivity contribution in [3.8, 4) is 0 Å². The molecule has 0 spiro atoms. The molecule has 1 aliphatic carbocycles. The van der Waals surface area contributed by atoms with E-state index in [1.54, 1.807) is 0 Å². The Balaban J connectivity index is 1.75. The first-order valence-corrected chi connectivity index (χ1v) is 8.27. The number of rotatable bonds is 4. The average molecular weight is 279 g/mol. The first-order valence-electron chi connectivity index (χ1n) is 8.27. The number of benzene rings is 2. The molecule has 0 aromatic heterocycles. The second kappa shape index (κ2) is 6.80. The van der Waals surface area contributed by atoms with E-state index in [-0.39, 0.29) is 0 Å². The minimum atomic E-state index is 0.564. The van der Waals surface area contributed by atoms with Gasteiger partial charge in [0, 0.05) is 17.6 Å². The smallest absolute Gasteiger partial charge is 0.0342 e. The van der Waals surface area contributed by atoms with Gasteiger partial charge in [-0.1, -0.05) is 62.2 Å². The summed E-state index contributed by atoms with van der Waals surface area (Å²) in [4.78, 5) is 0. The van der Waals surface area contributed by atoms with Gasteiger partial charge >= 0.3 is 0 Å². The number of aryl methyl sites for hydroxylation is 1. The van der Waals surface area contributed by atoms with E-state index < -0.39 is 0 Å². The van der Waals surface area contributed by atoms with Crippen LogP contribution in [0.4, 0.5) is 5.69 Å². The van der Waals surface area contributed by atoms with Crippen molar-refractivity contribution in [1.82, 2.24) is 0 Å². The van der Waals surface area contributed by atoms with Gasteiger partial charge in [0.1, 0.15) is 0 Å². The maximum atomic E-state index is 3.78. The summed E-state index contributed by atoms with van der Waals surface area (Å²) in [7, 11) is 0. The minimum Gasteiger partial charge on any atom is -0.382 e. The van der Waals surface area contributed by atoms with Crippen LogP contribution >= 0.6 is 0 Å². The van der Waals surface area contributed by atoms with Gasteiger partial charge in [-0.3, -0.25) is 0 Å². The number of anilines is 1. The van der Waals surface area contributed by atoms with Crippen LogP contribution in [-0.2, 0) is 6.42 Å². The standard InChI is InChI=1S/C20H25N/c1-2-16-12-14-18(15-13-16)21-20-11-7-6-10-19(20)17-8-4-3-5-9-17/h3-5,8-9,12-15,19-21H,2,6-7,10-11H2,1H3. The summed E-state index contributed by atoms with van der Waals surface area (Å²) in [5.41, 5.74) is 4.16. The third-order valence-electron chi connectivity index (χ3n) is 4.71. The molecule has 1 N–H and O–H groups in total. The third kappa shape index (κ3) is 3.47. The highest BCUT2D eigenvalue weighted by Gasteiger charge is 2.26. The third-order valence-corrected chi connectivity index (χ3v) is 4.71. The van der Waals surface area contributed by atoms with Gasteiger partial charge < -0.3 is 5.32 Å². The summed E-state index contributed by atoms with van der Waals surface area (Å²) in [5, 5.41) is 3.78. The van der Waals surface area contributed by atoms with Gasteiger partial charge in [0.25, 0.3) is 0 Å². The maximum Gasteiger partial charge on any atom is 0.0342 e. The Kier molecular flexibility index (Phi) is 4.59. The molecule has 0 aliphatic heterocycles. The zero-order valence-corrected chi connectivity index (χ0v) is 12.9. The van der Waals surface area contributed by atoms with Crippen molar-refractivity contribution >= 4 is 5.69 Å². The molecule has 0 amide bonds. The van der Waals surface area contributed by atoms with Gasteiger partial charge in [0.05, 0.1) is 0 Å². The fourth-order valence-corrected chi connectivity index (χ4v) is 3.45. The quantitative estimate of drug-likeness (QED) is 0.791. The normalized spacial score (nSPS) is 22.0. The van der Waals surface area contributed by atoms with Crippen molar-refractivity contribution in [2.24, 2.45) is 0 Å². The zero-order valence-electron chi connectivity index (χ0n) is 12.9. The summed E-state index contributed by atoms with van der Waals surface area (Å²) >= 11 is 0. The van der Waals surface area contributed by atoms with Gasteiger partial charge in [0.2, 0.25) is 0 Å². The Morgan fingerprint density at radius 2 is 1.62 bits per heavy atom. The van der Waals surface area contributed by atoms with Crippen LogP contribution in [0, 0.1) is 0 Å². The van der Waals surface area contributed by atoms with Crippen molar-refractivity contribution in [2.45, 2.75) is 51.0 Å². The first kappa shape index (κ1) is 14.2. The summed E-state index contributed by atoms with van der Waals surface area (Å²) in [6.45, 7) is 2.20. The molecule has 0 radical (unpaired) electrons. The van der Waals surface area contributed by atoms with Gasteiger partial charge in [-0.05, 0) is 42.5 Å². The highest BCUT2D eigenvalue weighted by atomic mass is 14.9. The van der Waals surface area contributed by atoms with Crippen LogP contribution in [0.15, 0.2) is 54.6 Å². The molecule has 110 valence electrons. The fraction of sp³-hybridized carbons (Fsp3) is 0.400. The lowest BCUT2D eigenvalue weighted by atomic mass is 9.80. The maximum absolute atomic E-state index is 3.78. The van der Waals surface area contributed by atoms with Crippen molar-refractivity contribution in [1.29, 1.82) is 0 Å². The largest absolute Gasteiger partial charge is 0.382 e. The molecule has 1 nitrogen and oxygen atoms in total. The van der Waals surface area contributed by atoms with E-state index in [1.165, 1.54) is 42.5 Å². The Bertz CT molecular complexity index is 544. The van der Waals surface area contributed by atoms with E-state index in [0.29, 0.717) is 12.0 Å². The molecule has 2 aromatic carbocycles. The second-order valence-corrected chi connectivity index (χ2v) is 6.10. The van der Waals surface area contributed by atoms with E-state index >= 15 is 0 Å². The summed E-state index contributed by atoms with van der Waals surface area (Å²) < 4.78 is 0. The van der Waals surface area contributed by atoms with Crippen LogP contribution in [-0.4, -0.2) is 6.04 Å². The summed E-state index contributed by atoms with van der Waals surface area (Å²) in [6, 6.07) is 20.5. The molecule has 2 atom stereocenters. The molecule has 3 rings (SSSR count). The van der Waals surface area contributed by atoms with Crippen LogP contribution in [0.2, 0.25) is 0 Å². The zero-order chi connectivity index (χ0) is 14.5. The highest BCUT2D eigenvalue weighted by Crippen LogP contribution is 2.34. The molecule has 0 heterocycles.